The van der Waals surface area contributed by atoms with Crippen LogP contribution in [0.5, 0.6) is 5.75 Å². The lowest BCUT2D eigenvalue weighted by molar-refractivity contribution is 0.0938. The van der Waals surface area contributed by atoms with Crippen molar-refractivity contribution < 1.29 is 18.7 Å². The maximum atomic E-state index is 13.9. The Morgan fingerprint density at radius 3 is 2.73 bits per heavy atom. The Bertz CT molecular complexity index is 1130. The molecule has 0 saturated carbocycles. The molecule has 2 aromatic carbocycles. The van der Waals surface area contributed by atoms with Crippen LogP contribution in [0.25, 0.3) is 11.1 Å². The lowest BCUT2D eigenvalue weighted by Gasteiger charge is -2.22. The number of rotatable bonds is 5. The molecule has 7 heteroatoms. The van der Waals surface area contributed by atoms with Gasteiger partial charge in [0.2, 0.25) is 0 Å². The summed E-state index contributed by atoms with van der Waals surface area (Å²) >= 11 is 0. The zero-order valence-electron chi connectivity index (χ0n) is 16.4. The van der Waals surface area contributed by atoms with Crippen molar-refractivity contribution in [3.8, 4) is 16.9 Å². The first-order valence-electron chi connectivity index (χ1n) is 9.63. The van der Waals surface area contributed by atoms with Crippen LogP contribution >= 0.6 is 0 Å². The molecule has 1 aromatic heterocycles. The summed E-state index contributed by atoms with van der Waals surface area (Å²) in [5, 5.41) is 5.34. The van der Waals surface area contributed by atoms with Gasteiger partial charge in [-0.25, -0.2) is 9.37 Å². The number of ether oxygens (including phenoxy) is 1. The van der Waals surface area contributed by atoms with Crippen LogP contribution in [-0.4, -0.2) is 23.3 Å². The van der Waals surface area contributed by atoms with Gasteiger partial charge in [0.1, 0.15) is 12.4 Å². The second-order valence-corrected chi connectivity index (χ2v) is 6.84. The van der Waals surface area contributed by atoms with Crippen molar-refractivity contribution in [1.29, 1.82) is 0 Å². The fourth-order valence-corrected chi connectivity index (χ4v) is 3.41. The molecule has 4 rings (SSSR count). The highest BCUT2D eigenvalue weighted by Gasteiger charge is 2.24. The largest absolute Gasteiger partial charge is 0.486 e. The SMILES string of the molecule is CCNC(=O)c1cc(CNC(=O)c2nccc3c2OCc2ccccc2-3)ccc1F. The lowest BCUT2D eigenvalue weighted by Crippen LogP contribution is -2.26. The van der Waals surface area contributed by atoms with Crippen LogP contribution in [0.3, 0.4) is 0 Å². The number of aromatic nitrogens is 1. The molecule has 0 radical (unpaired) electrons. The van der Waals surface area contributed by atoms with Crippen LogP contribution in [0, 0.1) is 5.82 Å². The van der Waals surface area contributed by atoms with E-state index in [9.17, 15) is 14.0 Å². The van der Waals surface area contributed by atoms with Crippen LogP contribution in [0.4, 0.5) is 4.39 Å². The summed E-state index contributed by atoms with van der Waals surface area (Å²) in [5.74, 6) is -1.07. The van der Waals surface area contributed by atoms with Crippen LogP contribution < -0.4 is 15.4 Å². The number of nitrogens with one attached hydrogen (secondary N) is 2. The van der Waals surface area contributed by atoms with Crippen molar-refractivity contribution in [1.82, 2.24) is 15.6 Å². The lowest BCUT2D eigenvalue weighted by atomic mass is 9.97. The van der Waals surface area contributed by atoms with Gasteiger partial charge in [0, 0.05) is 24.8 Å². The third-order valence-corrected chi connectivity index (χ3v) is 4.86. The van der Waals surface area contributed by atoms with Gasteiger partial charge < -0.3 is 15.4 Å². The number of hydrogen-bond donors (Lipinski definition) is 2. The number of carbonyl (C=O) groups is 2. The molecule has 6 nitrogen and oxygen atoms in total. The first kappa shape index (κ1) is 19.6. The average molecular weight is 405 g/mol. The molecule has 0 bridgehead atoms. The number of amides is 2. The highest BCUT2D eigenvalue weighted by Crippen LogP contribution is 2.38. The van der Waals surface area contributed by atoms with Gasteiger partial charge in [0.25, 0.3) is 11.8 Å². The molecule has 0 spiro atoms. The Labute approximate surface area is 173 Å². The molecule has 2 N–H and O–H groups in total. The van der Waals surface area contributed by atoms with E-state index in [1.165, 1.54) is 18.2 Å². The fraction of sp³-hybridized carbons (Fsp3) is 0.174. The van der Waals surface area contributed by atoms with Crippen LogP contribution in [-0.2, 0) is 13.2 Å². The number of pyridine rings is 1. The van der Waals surface area contributed by atoms with E-state index in [4.69, 9.17) is 4.74 Å². The zero-order chi connectivity index (χ0) is 21.1. The number of nitrogens with zero attached hydrogens (tertiary/aromatic N) is 1. The molecule has 1 aliphatic heterocycles. The smallest absolute Gasteiger partial charge is 0.274 e. The number of halogens is 1. The molecule has 30 heavy (non-hydrogen) atoms. The number of hydrogen-bond acceptors (Lipinski definition) is 4. The van der Waals surface area contributed by atoms with Gasteiger partial charge in [0.15, 0.2) is 11.4 Å². The van der Waals surface area contributed by atoms with Gasteiger partial charge in [-0.1, -0.05) is 30.3 Å². The Kier molecular flexibility index (Phi) is 5.43. The molecule has 152 valence electrons. The molecule has 0 saturated heterocycles. The van der Waals surface area contributed by atoms with E-state index in [0.717, 1.165) is 16.7 Å². The van der Waals surface area contributed by atoms with Crippen LogP contribution in [0.15, 0.2) is 54.7 Å². The molecule has 2 heterocycles. The first-order chi connectivity index (χ1) is 14.6. The molecule has 0 fully saturated rings. The van der Waals surface area contributed by atoms with Crippen molar-refractivity contribution in [3.05, 3.63) is 82.9 Å². The van der Waals surface area contributed by atoms with E-state index in [-0.39, 0.29) is 17.8 Å². The van der Waals surface area contributed by atoms with E-state index in [0.29, 0.717) is 24.5 Å². The highest BCUT2D eigenvalue weighted by atomic mass is 19.1. The van der Waals surface area contributed by atoms with E-state index in [1.807, 2.05) is 30.3 Å². The van der Waals surface area contributed by atoms with Crippen molar-refractivity contribution >= 4 is 11.8 Å². The predicted octanol–water partition coefficient (Wildman–Crippen LogP) is 3.46. The second kappa shape index (κ2) is 8.32. The van der Waals surface area contributed by atoms with E-state index < -0.39 is 17.6 Å². The third kappa shape index (κ3) is 3.74. The third-order valence-electron chi connectivity index (χ3n) is 4.86. The maximum absolute atomic E-state index is 13.9. The standard InChI is InChI=1S/C23H20FN3O3/c1-2-25-22(28)18-11-14(7-8-19(18)24)12-27-23(29)20-21-17(9-10-26-20)16-6-4-3-5-15(16)13-30-21/h3-11H,2,12-13H2,1H3,(H,25,28)(H,27,29). The maximum Gasteiger partial charge on any atom is 0.274 e. The predicted molar refractivity (Wildman–Crippen MR) is 110 cm³/mol. The summed E-state index contributed by atoms with van der Waals surface area (Å²) in [6.07, 6.45) is 1.57. The number of fused-ring (bicyclic) bond motifs is 3. The van der Waals surface area contributed by atoms with Crippen LogP contribution in [0.2, 0.25) is 0 Å². The van der Waals surface area contributed by atoms with E-state index >= 15 is 0 Å². The molecule has 0 aliphatic carbocycles. The summed E-state index contributed by atoms with van der Waals surface area (Å²) in [4.78, 5) is 29.0. The molecule has 1 aliphatic rings. The molecular weight excluding hydrogens is 385 g/mol. The fourth-order valence-electron chi connectivity index (χ4n) is 3.41. The Morgan fingerprint density at radius 1 is 1.07 bits per heavy atom. The summed E-state index contributed by atoms with van der Waals surface area (Å²) in [7, 11) is 0. The second-order valence-electron chi connectivity index (χ2n) is 6.84. The topological polar surface area (TPSA) is 80.3 Å². The van der Waals surface area contributed by atoms with Gasteiger partial charge in [0.05, 0.1) is 5.56 Å². The molecular formula is C23H20FN3O3. The van der Waals surface area contributed by atoms with Crippen molar-refractivity contribution in [2.45, 2.75) is 20.1 Å². The molecule has 0 atom stereocenters. The number of carbonyl (C=O) groups excluding carboxylic acids is 2. The Balaban J connectivity index is 1.54. The summed E-state index contributed by atoms with van der Waals surface area (Å²) in [5.41, 5.74) is 3.61. The van der Waals surface area contributed by atoms with Gasteiger partial charge in [-0.05, 0) is 41.8 Å². The van der Waals surface area contributed by atoms with Gasteiger partial charge >= 0.3 is 0 Å². The minimum absolute atomic E-state index is 0.0567. The van der Waals surface area contributed by atoms with E-state index in [1.54, 1.807) is 13.1 Å². The quantitative estimate of drug-likeness (QED) is 0.681. The number of benzene rings is 2. The van der Waals surface area contributed by atoms with Gasteiger partial charge in [-0.3, -0.25) is 9.59 Å². The summed E-state index contributed by atoms with van der Waals surface area (Å²) in [6.45, 7) is 2.64. The van der Waals surface area contributed by atoms with Crippen LogP contribution in [0.1, 0.15) is 38.9 Å². The minimum atomic E-state index is -0.609. The van der Waals surface area contributed by atoms with Gasteiger partial charge in [-0.2, -0.15) is 0 Å². The molecule has 2 amide bonds. The average Bonchev–Trinajstić information content (AvgIpc) is 2.77. The highest BCUT2D eigenvalue weighted by molar-refractivity contribution is 5.98. The Hall–Kier alpha value is -3.74. The van der Waals surface area contributed by atoms with Crippen molar-refractivity contribution in [2.75, 3.05) is 6.54 Å². The normalized spacial score (nSPS) is 11.7. The monoisotopic (exact) mass is 405 g/mol. The van der Waals surface area contributed by atoms with Gasteiger partial charge in [-0.15, -0.1) is 0 Å². The summed E-state index contributed by atoms with van der Waals surface area (Å²) < 4.78 is 19.8. The van der Waals surface area contributed by atoms with Crippen molar-refractivity contribution in [2.24, 2.45) is 0 Å². The first-order valence-corrected chi connectivity index (χ1v) is 9.63. The zero-order valence-corrected chi connectivity index (χ0v) is 16.4. The molecule has 0 unspecified atom stereocenters. The summed E-state index contributed by atoms with van der Waals surface area (Å²) in [6, 6.07) is 13.9. The van der Waals surface area contributed by atoms with Crippen molar-refractivity contribution in [3.63, 3.8) is 0 Å². The molecule has 3 aromatic rings. The van der Waals surface area contributed by atoms with E-state index in [2.05, 4.69) is 15.6 Å². The Morgan fingerprint density at radius 2 is 1.90 bits per heavy atom. The minimum Gasteiger partial charge on any atom is -0.486 e.